The van der Waals surface area contributed by atoms with Gasteiger partial charge in [-0.1, -0.05) is 57.5 Å². The molecule has 2 aliphatic carbocycles. The summed E-state index contributed by atoms with van der Waals surface area (Å²) in [4.78, 5) is 0. The van der Waals surface area contributed by atoms with Gasteiger partial charge in [0.05, 0.1) is 0 Å². The van der Waals surface area contributed by atoms with Gasteiger partial charge in [0.25, 0.3) is 0 Å². The third kappa shape index (κ3) is 3.17. The van der Waals surface area contributed by atoms with Crippen molar-refractivity contribution in [3.8, 4) is 0 Å². The Labute approximate surface area is 153 Å². The van der Waals surface area contributed by atoms with E-state index in [0.29, 0.717) is 16.2 Å². The Kier molecular flexibility index (Phi) is 5.37. The minimum atomic E-state index is 0.380. The topological polar surface area (TPSA) is 26.0 Å². The summed E-state index contributed by atoms with van der Waals surface area (Å²) < 4.78 is 0. The Hall–Kier alpha value is -0.470. The molecule has 2 heteroatoms. The molecule has 2 aliphatic rings. The summed E-state index contributed by atoms with van der Waals surface area (Å²) in [5.41, 5.74) is 8.88. The van der Waals surface area contributed by atoms with Gasteiger partial charge in [-0.2, -0.15) is 0 Å². The van der Waals surface area contributed by atoms with Crippen LogP contribution in [0.5, 0.6) is 0 Å². The summed E-state index contributed by atoms with van der Waals surface area (Å²) in [5.74, 6) is 2.90. The van der Waals surface area contributed by atoms with Gasteiger partial charge in [-0.15, -0.1) is 11.8 Å². The average molecular weight is 346 g/mol. The fourth-order valence-electron chi connectivity index (χ4n) is 6.34. The number of thioether (sulfide) groups is 1. The third-order valence-corrected chi connectivity index (χ3v) is 8.26. The van der Waals surface area contributed by atoms with Gasteiger partial charge in [0.15, 0.2) is 0 Å². The maximum Gasteiger partial charge on any atom is 0.0392 e. The van der Waals surface area contributed by atoms with Crippen LogP contribution in [-0.2, 0) is 5.41 Å². The molecule has 4 unspecified atom stereocenters. The van der Waals surface area contributed by atoms with E-state index in [1.807, 2.05) is 11.8 Å². The van der Waals surface area contributed by atoms with Gasteiger partial charge in [-0.25, -0.2) is 0 Å². The summed E-state index contributed by atoms with van der Waals surface area (Å²) in [7, 11) is 0. The second kappa shape index (κ2) is 7.03. The van der Waals surface area contributed by atoms with Gasteiger partial charge in [-0.3, -0.25) is 0 Å². The summed E-state index contributed by atoms with van der Waals surface area (Å²) in [6, 6.07) is 11.4. The van der Waals surface area contributed by atoms with E-state index in [-0.39, 0.29) is 0 Å². The van der Waals surface area contributed by atoms with Crippen LogP contribution in [0, 0.1) is 16.7 Å². The first kappa shape index (κ1) is 18.3. The molecule has 2 N–H and O–H groups in total. The first-order chi connectivity index (χ1) is 11.5. The van der Waals surface area contributed by atoms with E-state index >= 15 is 0 Å². The monoisotopic (exact) mass is 345 g/mol. The van der Waals surface area contributed by atoms with E-state index < -0.39 is 0 Å². The molecule has 1 aromatic rings. The minimum absolute atomic E-state index is 0.380. The largest absolute Gasteiger partial charge is 0.322 e. The Morgan fingerprint density at radius 2 is 1.88 bits per heavy atom. The van der Waals surface area contributed by atoms with E-state index in [1.54, 1.807) is 5.56 Å². The summed E-state index contributed by atoms with van der Waals surface area (Å²) >= 11 is 1.97. The van der Waals surface area contributed by atoms with Gasteiger partial charge in [-0.05, 0) is 66.3 Å². The van der Waals surface area contributed by atoms with Crippen molar-refractivity contribution in [1.29, 1.82) is 0 Å². The molecule has 0 radical (unpaired) electrons. The van der Waals surface area contributed by atoms with Crippen molar-refractivity contribution < 1.29 is 0 Å². The van der Waals surface area contributed by atoms with Crippen LogP contribution in [0.25, 0.3) is 0 Å². The highest BCUT2D eigenvalue weighted by molar-refractivity contribution is 7.99. The van der Waals surface area contributed by atoms with Crippen LogP contribution in [0.1, 0.15) is 71.3 Å². The molecule has 4 atom stereocenters. The standard InChI is InChI=1S/C22H35NS/c1-4-11-20(3)14-21(16-24-17-23)12-19(20)13-22(5-2,15-21)18-9-7-6-8-10-18/h6-10,19H,4-5,11-17,23H2,1-3H3. The molecule has 0 amide bonds. The van der Waals surface area contributed by atoms with Crippen LogP contribution in [0.15, 0.2) is 30.3 Å². The Morgan fingerprint density at radius 1 is 1.12 bits per heavy atom. The average Bonchev–Trinajstić information content (AvgIpc) is 2.80. The number of rotatable bonds is 7. The smallest absolute Gasteiger partial charge is 0.0392 e. The molecular formula is C22H35NS. The predicted molar refractivity (Wildman–Crippen MR) is 107 cm³/mol. The van der Waals surface area contributed by atoms with Gasteiger partial charge in [0.1, 0.15) is 0 Å². The molecule has 0 aromatic heterocycles. The van der Waals surface area contributed by atoms with Crippen LogP contribution < -0.4 is 5.73 Å². The molecule has 1 aromatic carbocycles. The lowest BCUT2D eigenvalue weighted by Crippen LogP contribution is -2.40. The van der Waals surface area contributed by atoms with Crippen molar-refractivity contribution in [2.24, 2.45) is 22.5 Å². The van der Waals surface area contributed by atoms with Crippen LogP contribution >= 0.6 is 11.8 Å². The van der Waals surface area contributed by atoms with Gasteiger partial charge in [0, 0.05) is 11.6 Å². The summed E-state index contributed by atoms with van der Waals surface area (Å²) in [5, 5.41) is 0. The Balaban J connectivity index is 1.98. The Morgan fingerprint density at radius 3 is 2.50 bits per heavy atom. The van der Waals surface area contributed by atoms with E-state index in [0.717, 1.165) is 11.8 Å². The van der Waals surface area contributed by atoms with E-state index in [9.17, 15) is 0 Å². The number of hydrogen-bond acceptors (Lipinski definition) is 2. The number of nitrogens with two attached hydrogens (primary N) is 1. The van der Waals surface area contributed by atoms with Crippen molar-refractivity contribution in [2.75, 3.05) is 11.6 Å². The minimum Gasteiger partial charge on any atom is -0.322 e. The molecule has 0 aliphatic heterocycles. The first-order valence-corrected chi connectivity index (χ1v) is 11.0. The molecule has 0 spiro atoms. The third-order valence-electron chi connectivity index (χ3n) is 7.20. The van der Waals surface area contributed by atoms with Crippen molar-refractivity contribution in [2.45, 2.75) is 71.1 Å². The van der Waals surface area contributed by atoms with Crippen molar-refractivity contribution in [3.05, 3.63) is 35.9 Å². The van der Waals surface area contributed by atoms with Gasteiger partial charge >= 0.3 is 0 Å². The number of hydrogen-bond donors (Lipinski definition) is 1. The molecule has 0 heterocycles. The molecule has 3 rings (SSSR count). The molecule has 1 nitrogen and oxygen atoms in total. The second-order valence-electron chi connectivity index (χ2n) is 8.88. The first-order valence-electron chi connectivity index (χ1n) is 9.85. The highest BCUT2D eigenvalue weighted by Gasteiger charge is 2.59. The molecule has 2 fully saturated rings. The lowest BCUT2D eigenvalue weighted by atomic mass is 9.58. The van der Waals surface area contributed by atoms with Gasteiger partial charge in [0.2, 0.25) is 0 Å². The van der Waals surface area contributed by atoms with E-state index in [1.165, 1.54) is 50.7 Å². The zero-order valence-corrected chi connectivity index (χ0v) is 16.6. The van der Waals surface area contributed by atoms with E-state index in [4.69, 9.17) is 5.73 Å². The van der Waals surface area contributed by atoms with E-state index in [2.05, 4.69) is 51.1 Å². The molecule has 2 saturated carbocycles. The fourth-order valence-corrected chi connectivity index (χ4v) is 7.22. The maximum atomic E-state index is 5.87. The number of benzene rings is 1. The second-order valence-corrected chi connectivity index (χ2v) is 9.91. The predicted octanol–water partition coefficient (Wildman–Crippen LogP) is 5.98. The quantitative estimate of drug-likeness (QED) is 0.615. The van der Waals surface area contributed by atoms with Crippen molar-refractivity contribution >= 4 is 11.8 Å². The van der Waals surface area contributed by atoms with Gasteiger partial charge < -0.3 is 5.73 Å². The van der Waals surface area contributed by atoms with Crippen molar-refractivity contribution in [3.63, 3.8) is 0 Å². The molecule has 0 saturated heterocycles. The lowest BCUT2D eigenvalue weighted by molar-refractivity contribution is 0.123. The molecular weight excluding hydrogens is 310 g/mol. The van der Waals surface area contributed by atoms with Crippen LogP contribution in [0.3, 0.4) is 0 Å². The highest BCUT2D eigenvalue weighted by Crippen LogP contribution is 2.67. The van der Waals surface area contributed by atoms with Crippen LogP contribution in [0.4, 0.5) is 0 Å². The SMILES string of the molecule is CCCC1(C)CC2(CSCN)CC1CC(CC)(c1ccccc1)C2. The lowest BCUT2D eigenvalue weighted by Gasteiger charge is -2.47. The highest BCUT2D eigenvalue weighted by atomic mass is 32.2. The van der Waals surface area contributed by atoms with Crippen molar-refractivity contribution in [1.82, 2.24) is 0 Å². The number of fused-ring (bicyclic) bond motifs is 2. The summed E-state index contributed by atoms with van der Waals surface area (Å²) in [6.07, 6.45) is 9.58. The maximum absolute atomic E-state index is 5.87. The fraction of sp³-hybridized carbons (Fsp3) is 0.727. The Bertz CT molecular complexity index is 544. The van der Waals surface area contributed by atoms with Crippen LogP contribution in [0.2, 0.25) is 0 Å². The normalized spacial score (nSPS) is 38.4. The molecule has 2 bridgehead atoms. The van der Waals surface area contributed by atoms with Crippen LogP contribution in [-0.4, -0.2) is 11.6 Å². The molecule has 24 heavy (non-hydrogen) atoms. The summed E-state index contributed by atoms with van der Waals surface area (Å²) in [6.45, 7) is 7.37. The molecule has 134 valence electrons. The zero-order chi connectivity index (χ0) is 17.3. The zero-order valence-electron chi connectivity index (χ0n) is 15.8.